The standard InChI is InChI=1S/C26H21Cl3N2O3S/c1-3-16-6-4-5-7-22(16)31-25(32)21(30-26(31)35)11-15-8-9-23(33-2)17(10-15)14-34-24-19(28)12-18(27)13-20(24)29/h4-13H,3,14H2,1-2H3,(H,30,35)/b21-11+. The van der Waals surface area contributed by atoms with Crippen LogP contribution in [0.15, 0.2) is 60.3 Å². The van der Waals surface area contributed by atoms with Gasteiger partial charge in [-0.15, -0.1) is 0 Å². The number of rotatable bonds is 7. The van der Waals surface area contributed by atoms with Crippen LogP contribution >= 0.6 is 47.0 Å². The van der Waals surface area contributed by atoms with Gasteiger partial charge in [0.15, 0.2) is 10.9 Å². The number of anilines is 1. The molecule has 1 amide bonds. The number of nitrogens with one attached hydrogen (secondary N) is 1. The molecule has 0 saturated carbocycles. The minimum Gasteiger partial charge on any atom is -0.496 e. The van der Waals surface area contributed by atoms with Crippen molar-refractivity contribution in [2.75, 3.05) is 12.0 Å². The van der Waals surface area contributed by atoms with Crippen molar-refractivity contribution in [2.24, 2.45) is 0 Å². The van der Waals surface area contributed by atoms with Gasteiger partial charge < -0.3 is 14.8 Å². The summed E-state index contributed by atoms with van der Waals surface area (Å²) in [5.74, 6) is 0.726. The summed E-state index contributed by atoms with van der Waals surface area (Å²) < 4.78 is 11.4. The van der Waals surface area contributed by atoms with Crippen molar-refractivity contribution in [3.05, 3.63) is 92.1 Å². The Kier molecular flexibility index (Phi) is 7.87. The summed E-state index contributed by atoms with van der Waals surface area (Å²) in [5.41, 5.74) is 3.70. The molecule has 0 atom stereocenters. The zero-order valence-electron chi connectivity index (χ0n) is 18.9. The van der Waals surface area contributed by atoms with Crippen molar-refractivity contribution in [3.8, 4) is 11.5 Å². The Morgan fingerprint density at radius 3 is 2.43 bits per heavy atom. The summed E-state index contributed by atoms with van der Waals surface area (Å²) in [6, 6.07) is 16.4. The lowest BCUT2D eigenvalue weighted by atomic mass is 10.1. The molecule has 180 valence electrons. The quantitative estimate of drug-likeness (QED) is 0.253. The molecule has 1 saturated heterocycles. The molecular formula is C26H21Cl3N2O3S. The van der Waals surface area contributed by atoms with Crippen LogP contribution < -0.4 is 19.7 Å². The van der Waals surface area contributed by atoms with E-state index in [1.54, 1.807) is 31.4 Å². The van der Waals surface area contributed by atoms with Gasteiger partial charge in [-0.05, 0) is 66.2 Å². The number of carbonyl (C=O) groups excluding carboxylic acids is 1. The lowest BCUT2D eigenvalue weighted by Gasteiger charge is -2.17. The van der Waals surface area contributed by atoms with Crippen LogP contribution in [0.1, 0.15) is 23.6 Å². The normalized spacial score (nSPS) is 14.4. The van der Waals surface area contributed by atoms with Crippen LogP contribution in [0, 0.1) is 0 Å². The number of halogens is 3. The first-order chi connectivity index (χ1) is 16.8. The van der Waals surface area contributed by atoms with E-state index < -0.39 is 0 Å². The number of benzene rings is 3. The summed E-state index contributed by atoms with van der Waals surface area (Å²) in [4.78, 5) is 14.8. The molecule has 0 bridgehead atoms. The van der Waals surface area contributed by atoms with Crippen LogP contribution in [-0.2, 0) is 17.8 Å². The molecule has 3 aromatic carbocycles. The Morgan fingerprint density at radius 1 is 1.03 bits per heavy atom. The van der Waals surface area contributed by atoms with E-state index in [1.165, 1.54) is 4.90 Å². The topological polar surface area (TPSA) is 50.8 Å². The smallest absolute Gasteiger partial charge is 0.281 e. The van der Waals surface area contributed by atoms with E-state index in [-0.39, 0.29) is 12.5 Å². The number of aryl methyl sites for hydroxylation is 1. The van der Waals surface area contributed by atoms with Crippen molar-refractivity contribution in [1.82, 2.24) is 5.32 Å². The van der Waals surface area contributed by atoms with Crippen molar-refractivity contribution < 1.29 is 14.3 Å². The van der Waals surface area contributed by atoms with Crippen LogP contribution in [0.3, 0.4) is 0 Å². The van der Waals surface area contributed by atoms with E-state index in [2.05, 4.69) is 5.32 Å². The number of nitrogens with zero attached hydrogens (tertiary/aromatic N) is 1. The Morgan fingerprint density at radius 2 is 1.74 bits per heavy atom. The summed E-state index contributed by atoms with van der Waals surface area (Å²) in [6.45, 7) is 2.18. The molecule has 4 rings (SSSR count). The predicted molar refractivity (Wildman–Crippen MR) is 146 cm³/mol. The van der Waals surface area contributed by atoms with E-state index in [0.717, 1.165) is 28.8 Å². The zero-order chi connectivity index (χ0) is 25.1. The molecule has 9 heteroatoms. The number of carbonyl (C=O) groups is 1. The van der Waals surface area contributed by atoms with Gasteiger partial charge in [0, 0.05) is 10.6 Å². The summed E-state index contributed by atoms with van der Waals surface area (Å²) in [6.07, 6.45) is 2.53. The van der Waals surface area contributed by atoms with Gasteiger partial charge >= 0.3 is 0 Å². The average Bonchev–Trinajstić information content (AvgIpc) is 3.10. The average molecular weight is 548 g/mol. The predicted octanol–water partition coefficient (Wildman–Crippen LogP) is 7.06. The molecule has 1 aliphatic rings. The summed E-state index contributed by atoms with van der Waals surface area (Å²) >= 11 is 23.9. The van der Waals surface area contributed by atoms with Crippen LogP contribution in [0.25, 0.3) is 6.08 Å². The van der Waals surface area contributed by atoms with Crippen molar-refractivity contribution >= 4 is 69.8 Å². The third-order valence-electron chi connectivity index (χ3n) is 5.44. The van der Waals surface area contributed by atoms with E-state index in [1.807, 2.05) is 43.3 Å². The van der Waals surface area contributed by atoms with Gasteiger partial charge in [-0.1, -0.05) is 66.0 Å². The molecule has 0 aromatic heterocycles. The number of amides is 1. The lowest BCUT2D eigenvalue weighted by molar-refractivity contribution is -0.113. The number of hydrogen-bond donors (Lipinski definition) is 1. The molecule has 35 heavy (non-hydrogen) atoms. The molecular weight excluding hydrogens is 527 g/mol. The maximum absolute atomic E-state index is 13.2. The first-order valence-electron chi connectivity index (χ1n) is 10.7. The van der Waals surface area contributed by atoms with Gasteiger partial charge in [-0.3, -0.25) is 9.69 Å². The second-order valence-corrected chi connectivity index (χ2v) is 9.31. The number of ether oxygens (including phenoxy) is 2. The second-order valence-electron chi connectivity index (χ2n) is 7.67. The highest BCUT2D eigenvalue weighted by Crippen LogP contribution is 2.37. The Hall–Kier alpha value is -2.77. The largest absolute Gasteiger partial charge is 0.496 e. The fourth-order valence-electron chi connectivity index (χ4n) is 3.77. The SMILES string of the molecule is CCc1ccccc1N1C(=O)/C(=C\c2ccc(OC)c(COc3c(Cl)cc(Cl)cc3Cl)c2)NC1=S. The molecule has 1 aliphatic heterocycles. The van der Waals surface area contributed by atoms with Gasteiger partial charge in [0.2, 0.25) is 0 Å². The van der Waals surface area contributed by atoms with Crippen LogP contribution in [-0.4, -0.2) is 18.1 Å². The highest BCUT2D eigenvalue weighted by Gasteiger charge is 2.33. The molecule has 0 unspecified atom stereocenters. The van der Waals surface area contributed by atoms with Crippen molar-refractivity contribution in [1.29, 1.82) is 0 Å². The molecule has 1 heterocycles. The maximum atomic E-state index is 13.2. The third-order valence-corrected chi connectivity index (χ3v) is 6.51. The zero-order valence-corrected chi connectivity index (χ0v) is 22.0. The summed E-state index contributed by atoms with van der Waals surface area (Å²) in [5, 5.41) is 4.41. The first kappa shape index (κ1) is 25.3. The Bertz CT molecular complexity index is 1320. The second kappa shape index (κ2) is 10.9. The van der Waals surface area contributed by atoms with Gasteiger partial charge in [-0.2, -0.15) is 0 Å². The van der Waals surface area contributed by atoms with E-state index in [9.17, 15) is 4.79 Å². The third kappa shape index (κ3) is 5.41. The lowest BCUT2D eigenvalue weighted by Crippen LogP contribution is -2.31. The fraction of sp³-hybridized carbons (Fsp3) is 0.154. The van der Waals surface area contributed by atoms with Gasteiger partial charge in [0.25, 0.3) is 5.91 Å². The van der Waals surface area contributed by atoms with E-state index in [0.29, 0.717) is 37.4 Å². The van der Waals surface area contributed by atoms with Crippen molar-refractivity contribution in [3.63, 3.8) is 0 Å². The van der Waals surface area contributed by atoms with E-state index >= 15 is 0 Å². The summed E-state index contributed by atoms with van der Waals surface area (Å²) in [7, 11) is 1.57. The Balaban J connectivity index is 1.60. The van der Waals surface area contributed by atoms with Crippen LogP contribution in [0.4, 0.5) is 5.69 Å². The van der Waals surface area contributed by atoms with Gasteiger partial charge in [-0.25, -0.2) is 0 Å². The molecule has 3 aromatic rings. The number of para-hydroxylation sites is 1. The molecule has 1 fully saturated rings. The maximum Gasteiger partial charge on any atom is 0.281 e. The molecule has 1 N–H and O–H groups in total. The number of thiocarbonyl (C=S) groups is 1. The number of methoxy groups -OCH3 is 1. The van der Waals surface area contributed by atoms with Crippen LogP contribution in [0.2, 0.25) is 15.1 Å². The molecule has 0 spiro atoms. The molecule has 5 nitrogen and oxygen atoms in total. The van der Waals surface area contributed by atoms with Crippen molar-refractivity contribution in [2.45, 2.75) is 20.0 Å². The first-order valence-corrected chi connectivity index (χ1v) is 12.3. The molecule has 0 aliphatic carbocycles. The minimum absolute atomic E-state index is 0.136. The van der Waals surface area contributed by atoms with Gasteiger partial charge in [0.05, 0.1) is 22.8 Å². The minimum atomic E-state index is -0.218. The fourth-order valence-corrected chi connectivity index (χ4v) is 4.98. The Labute approximate surface area is 224 Å². The highest BCUT2D eigenvalue weighted by atomic mass is 35.5. The highest BCUT2D eigenvalue weighted by molar-refractivity contribution is 7.80. The van der Waals surface area contributed by atoms with E-state index in [4.69, 9.17) is 56.5 Å². The number of hydrogen-bond acceptors (Lipinski definition) is 4. The van der Waals surface area contributed by atoms with Crippen LogP contribution in [0.5, 0.6) is 11.5 Å². The molecule has 0 radical (unpaired) electrons. The monoisotopic (exact) mass is 546 g/mol. The van der Waals surface area contributed by atoms with Gasteiger partial charge in [0.1, 0.15) is 18.1 Å².